The van der Waals surface area contributed by atoms with Crippen LogP contribution in [0.15, 0.2) is 0 Å². The molecular formula is C12H21N3O4. The summed E-state index contributed by atoms with van der Waals surface area (Å²) < 4.78 is 0. The molecule has 0 unspecified atom stereocenters. The maximum atomic E-state index is 11.5. The Bertz CT molecular complexity index is 364. The standard InChI is InChI=1S/C12H21N3O4/c1-8(2)6-13-11(19)15-9(16)7-14-12(10(17)18)4-3-5-12/h8,14H,3-7H2,1-2H3,(H,17,18)(H2,13,15,16,19). The number of carboxylic acids is 1. The molecule has 7 heteroatoms. The molecule has 1 saturated carbocycles. The van der Waals surface area contributed by atoms with Crippen molar-refractivity contribution in [3.63, 3.8) is 0 Å². The molecule has 1 rings (SSSR count). The lowest BCUT2D eigenvalue weighted by Gasteiger charge is -2.38. The van der Waals surface area contributed by atoms with E-state index in [4.69, 9.17) is 5.11 Å². The first-order valence-corrected chi connectivity index (χ1v) is 6.42. The molecule has 0 aromatic carbocycles. The molecule has 1 aliphatic carbocycles. The van der Waals surface area contributed by atoms with Crippen molar-refractivity contribution in [2.75, 3.05) is 13.1 Å². The van der Waals surface area contributed by atoms with Crippen molar-refractivity contribution >= 4 is 17.9 Å². The van der Waals surface area contributed by atoms with Gasteiger partial charge in [0.05, 0.1) is 6.54 Å². The lowest BCUT2D eigenvalue weighted by molar-refractivity contribution is -0.148. The van der Waals surface area contributed by atoms with Gasteiger partial charge in [0.1, 0.15) is 5.54 Å². The lowest BCUT2D eigenvalue weighted by atomic mass is 9.77. The number of urea groups is 1. The van der Waals surface area contributed by atoms with Gasteiger partial charge in [0.25, 0.3) is 0 Å². The Morgan fingerprint density at radius 1 is 1.26 bits per heavy atom. The van der Waals surface area contributed by atoms with E-state index in [9.17, 15) is 14.4 Å². The Morgan fingerprint density at radius 2 is 1.89 bits per heavy atom. The summed E-state index contributed by atoms with van der Waals surface area (Å²) in [6, 6.07) is -0.557. The average molecular weight is 271 g/mol. The van der Waals surface area contributed by atoms with Gasteiger partial charge < -0.3 is 10.4 Å². The molecule has 0 heterocycles. The quantitative estimate of drug-likeness (QED) is 0.546. The molecule has 3 amide bonds. The molecule has 0 radical (unpaired) electrons. The van der Waals surface area contributed by atoms with Gasteiger partial charge in [0.15, 0.2) is 0 Å². The highest BCUT2D eigenvalue weighted by Gasteiger charge is 2.44. The number of hydrogen-bond donors (Lipinski definition) is 4. The van der Waals surface area contributed by atoms with E-state index in [1.54, 1.807) is 0 Å². The molecule has 0 aromatic heterocycles. The highest BCUT2D eigenvalue weighted by molar-refractivity contribution is 5.95. The van der Waals surface area contributed by atoms with Gasteiger partial charge >= 0.3 is 12.0 Å². The van der Waals surface area contributed by atoms with E-state index in [0.29, 0.717) is 25.3 Å². The summed E-state index contributed by atoms with van der Waals surface area (Å²) in [7, 11) is 0. The van der Waals surface area contributed by atoms with E-state index in [1.165, 1.54) is 0 Å². The van der Waals surface area contributed by atoms with Crippen molar-refractivity contribution in [2.24, 2.45) is 5.92 Å². The maximum Gasteiger partial charge on any atom is 0.323 e. The van der Waals surface area contributed by atoms with E-state index in [0.717, 1.165) is 6.42 Å². The van der Waals surface area contributed by atoms with E-state index < -0.39 is 23.4 Å². The van der Waals surface area contributed by atoms with Gasteiger partial charge in [0.2, 0.25) is 5.91 Å². The fourth-order valence-electron chi connectivity index (χ4n) is 1.76. The molecule has 0 bridgehead atoms. The van der Waals surface area contributed by atoms with Crippen LogP contribution in [0.1, 0.15) is 33.1 Å². The molecule has 0 saturated heterocycles. The molecule has 7 nitrogen and oxygen atoms in total. The van der Waals surface area contributed by atoms with Crippen LogP contribution in [-0.4, -0.2) is 41.6 Å². The van der Waals surface area contributed by atoms with Crippen LogP contribution in [-0.2, 0) is 9.59 Å². The number of amides is 3. The molecule has 1 fully saturated rings. The Balaban J connectivity index is 2.28. The van der Waals surface area contributed by atoms with Gasteiger partial charge in [-0.3, -0.25) is 20.2 Å². The fraction of sp³-hybridized carbons (Fsp3) is 0.750. The molecular weight excluding hydrogens is 250 g/mol. The van der Waals surface area contributed by atoms with Crippen molar-refractivity contribution in [2.45, 2.75) is 38.6 Å². The summed E-state index contributed by atoms with van der Waals surface area (Å²) in [5, 5.41) is 16.5. The van der Waals surface area contributed by atoms with Crippen LogP contribution < -0.4 is 16.0 Å². The van der Waals surface area contributed by atoms with Crippen LogP contribution in [0.4, 0.5) is 4.79 Å². The van der Waals surface area contributed by atoms with E-state index in [2.05, 4.69) is 16.0 Å². The third kappa shape index (κ3) is 4.51. The average Bonchev–Trinajstić information content (AvgIpc) is 2.24. The predicted octanol–water partition coefficient (Wildman–Crippen LogP) is 0.0651. The monoisotopic (exact) mass is 271 g/mol. The highest BCUT2D eigenvalue weighted by Crippen LogP contribution is 2.31. The topological polar surface area (TPSA) is 108 Å². The Morgan fingerprint density at radius 3 is 2.32 bits per heavy atom. The molecule has 1 aliphatic rings. The second-order valence-electron chi connectivity index (χ2n) is 5.25. The van der Waals surface area contributed by atoms with Crippen LogP contribution in [0.3, 0.4) is 0 Å². The van der Waals surface area contributed by atoms with Crippen LogP contribution in [0.25, 0.3) is 0 Å². The van der Waals surface area contributed by atoms with E-state index in [1.807, 2.05) is 13.8 Å². The number of hydrogen-bond acceptors (Lipinski definition) is 4. The second kappa shape index (κ2) is 6.51. The first-order valence-electron chi connectivity index (χ1n) is 6.42. The zero-order valence-corrected chi connectivity index (χ0v) is 11.3. The first-order chi connectivity index (χ1) is 8.85. The smallest absolute Gasteiger partial charge is 0.323 e. The minimum Gasteiger partial charge on any atom is -0.480 e. The summed E-state index contributed by atoms with van der Waals surface area (Å²) >= 11 is 0. The van der Waals surface area contributed by atoms with Crippen molar-refractivity contribution in [3.05, 3.63) is 0 Å². The second-order valence-corrected chi connectivity index (χ2v) is 5.25. The SMILES string of the molecule is CC(C)CNC(=O)NC(=O)CNC1(C(=O)O)CCC1. The van der Waals surface area contributed by atoms with Gasteiger partial charge in [-0.05, 0) is 25.2 Å². The largest absolute Gasteiger partial charge is 0.480 e. The number of carboxylic acid groups (broad SMARTS) is 1. The van der Waals surface area contributed by atoms with Crippen molar-refractivity contribution in [1.82, 2.24) is 16.0 Å². The van der Waals surface area contributed by atoms with Gasteiger partial charge in [-0.25, -0.2) is 4.79 Å². The van der Waals surface area contributed by atoms with E-state index >= 15 is 0 Å². The molecule has 19 heavy (non-hydrogen) atoms. The van der Waals surface area contributed by atoms with Crippen molar-refractivity contribution in [3.8, 4) is 0 Å². The Kier molecular flexibility index (Phi) is 5.29. The molecule has 0 spiro atoms. The normalized spacial score (nSPS) is 16.6. The molecule has 4 N–H and O–H groups in total. The predicted molar refractivity (Wildman–Crippen MR) is 68.6 cm³/mol. The summed E-state index contributed by atoms with van der Waals surface area (Å²) in [6.07, 6.45) is 1.85. The van der Waals surface area contributed by atoms with Gasteiger partial charge in [-0.15, -0.1) is 0 Å². The van der Waals surface area contributed by atoms with Crippen LogP contribution >= 0.6 is 0 Å². The Labute approximate surface area is 112 Å². The summed E-state index contributed by atoms with van der Waals surface area (Å²) in [6.45, 7) is 4.18. The third-order valence-corrected chi connectivity index (χ3v) is 3.13. The number of carbonyl (C=O) groups excluding carboxylic acids is 2. The van der Waals surface area contributed by atoms with E-state index in [-0.39, 0.29) is 6.54 Å². The molecule has 0 atom stereocenters. The van der Waals surface area contributed by atoms with Crippen LogP contribution in [0, 0.1) is 5.92 Å². The van der Waals surface area contributed by atoms with Crippen molar-refractivity contribution < 1.29 is 19.5 Å². The molecule has 0 aliphatic heterocycles. The minimum atomic E-state index is -0.994. The van der Waals surface area contributed by atoms with Gasteiger partial charge in [-0.2, -0.15) is 0 Å². The zero-order chi connectivity index (χ0) is 14.5. The summed E-state index contributed by atoms with van der Waals surface area (Å²) in [4.78, 5) is 33.8. The van der Waals surface area contributed by atoms with Crippen molar-refractivity contribution in [1.29, 1.82) is 0 Å². The summed E-state index contributed by atoms with van der Waals surface area (Å²) in [5.74, 6) is -1.19. The Hall–Kier alpha value is -1.63. The number of aliphatic carboxylic acids is 1. The maximum absolute atomic E-state index is 11.5. The van der Waals surface area contributed by atoms with Gasteiger partial charge in [0, 0.05) is 6.54 Å². The number of rotatable bonds is 6. The number of nitrogens with one attached hydrogen (secondary N) is 3. The third-order valence-electron chi connectivity index (χ3n) is 3.13. The molecule has 0 aromatic rings. The first kappa shape index (κ1) is 15.4. The number of carbonyl (C=O) groups is 3. The zero-order valence-electron chi connectivity index (χ0n) is 11.3. The highest BCUT2D eigenvalue weighted by atomic mass is 16.4. The minimum absolute atomic E-state index is 0.179. The summed E-state index contributed by atoms with van der Waals surface area (Å²) in [5.41, 5.74) is -0.994. The fourth-order valence-corrected chi connectivity index (χ4v) is 1.76. The van der Waals surface area contributed by atoms with Gasteiger partial charge in [-0.1, -0.05) is 13.8 Å². The molecule has 108 valence electrons. The number of imide groups is 1. The van der Waals surface area contributed by atoms with Crippen LogP contribution in [0.5, 0.6) is 0 Å². The van der Waals surface area contributed by atoms with Crippen LogP contribution in [0.2, 0.25) is 0 Å². The lowest BCUT2D eigenvalue weighted by Crippen LogP contribution is -2.59.